The van der Waals surface area contributed by atoms with Crippen LogP contribution in [0.25, 0.3) is 11.3 Å². The Morgan fingerprint density at radius 3 is 2.66 bits per heavy atom. The maximum absolute atomic E-state index is 12.7. The van der Waals surface area contributed by atoms with E-state index in [2.05, 4.69) is 16.4 Å². The number of nitrogens with one attached hydrogen (secondary N) is 1. The van der Waals surface area contributed by atoms with Gasteiger partial charge in [0, 0.05) is 23.0 Å². The number of aromatic nitrogens is 1. The number of anilines is 2. The molecule has 1 amide bonds. The highest BCUT2D eigenvalue weighted by Crippen LogP contribution is 2.30. The van der Waals surface area contributed by atoms with Crippen LogP contribution in [-0.2, 0) is 14.8 Å². The van der Waals surface area contributed by atoms with Crippen molar-refractivity contribution >= 4 is 38.9 Å². The Bertz CT molecular complexity index is 1320. The molecule has 0 spiro atoms. The third kappa shape index (κ3) is 4.57. The number of nitriles is 1. The Labute approximate surface area is 190 Å². The van der Waals surface area contributed by atoms with Crippen LogP contribution in [0.5, 0.6) is 0 Å². The maximum atomic E-state index is 12.7. The van der Waals surface area contributed by atoms with Gasteiger partial charge in [0.2, 0.25) is 0 Å². The van der Waals surface area contributed by atoms with E-state index in [1.165, 1.54) is 10.5 Å². The topological polar surface area (TPSA) is 112 Å². The maximum Gasteiger partial charge on any atom is 0.259 e. The van der Waals surface area contributed by atoms with Gasteiger partial charge in [0.15, 0.2) is 5.94 Å². The molecule has 0 radical (unpaired) electrons. The SMILES string of the molecule is N#Cc1ccnc(-c2cc(NC(=O)c3ccc(N4CCOCS4(=O)=O)cc3)ccc2Cl)c1. The summed E-state index contributed by atoms with van der Waals surface area (Å²) in [4.78, 5) is 17.0. The molecular weight excluding hydrogens is 452 g/mol. The fourth-order valence-electron chi connectivity index (χ4n) is 3.23. The van der Waals surface area contributed by atoms with Crippen LogP contribution >= 0.6 is 11.6 Å². The zero-order valence-electron chi connectivity index (χ0n) is 16.7. The minimum atomic E-state index is -3.53. The van der Waals surface area contributed by atoms with Crippen molar-refractivity contribution in [2.24, 2.45) is 0 Å². The lowest BCUT2D eigenvalue weighted by Gasteiger charge is -2.28. The van der Waals surface area contributed by atoms with Gasteiger partial charge in [-0.05, 0) is 54.6 Å². The molecule has 10 heteroatoms. The molecule has 1 aromatic heterocycles. The Balaban J connectivity index is 1.53. The number of sulfonamides is 1. The van der Waals surface area contributed by atoms with Crippen LogP contribution in [0.15, 0.2) is 60.8 Å². The molecule has 162 valence electrons. The van der Waals surface area contributed by atoms with Gasteiger partial charge in [-0.2, -0.15) is 5.26 Å². The van der Waals surface area contributed by atoms with Crippen molar-refractivity contribution in [1.82, 2.24) is 4.98 Å². The molecule has 2 aromatic carbocycles. The summed E-state index contributed by atoms with van der Waals surface area (Å²) in [5, 5.41) is 12.3. The summed E-state index contributed by atoms with van der Waals surface area (Å²) in [6.45, 7) is 0.537. The fourth-order valence-corrected chi connectivity index (χ4v) is 4.70. The second-order valence-electron chi connectivity index (χ2n) is 6.95. The first-order chi connectivity index (χ1) is 15.4. The lowest BCUT2D eigenvalue weighted by atomic mass is 10.1. The lowest BCUT2D eigenvalue weighted by molar-refractivity contribution is 0.102. The van der Waals surface area contributed by atoms with E-state index in [1.807, 2.05) is 0 Å². The molecule has 0 atom stereocenters. The first-order valence-corrected chi connectivity index (χ1v) is 11.5. The third-order valence-electron chi connectivity index (χ3n) is 4.81. The molecule has 1 fully saturated rings. The minimum absolute atomic E-state index is 0.225. The van der Waals surface area contributed by atoms with Crippen molar-refractivity contribution in [3.05, 3.63) is 76.9 Å². The quantitative estimate of drug-likeness (QED) is 0.625. The third-order valence-corrected chi connectivity index (χ3v) is 6.67. The van der Waals surface area contributed by atoms with Gasteiger partial charge >= 0.3 is 0 Å². The van der Waals surface area contributed by atoms with E-state index < -0.39 is 10.0 Å². The van der Waals surface area contributed by atoms with Crippen molar-refractivity contribution in [2.75, 3.05) is 28.7 Å². The normalized spacial score (nSPS) is 15.1. The second-order valence-corrected chi connectivity index (χ2v) is 9.19. The standard InChI is InChI=1S/C22H17ClN4O4S/c23-20-6-3-17(12-19(20)21-11-15(13-24)7-8-25-21)26-22(28)16-1-4-18(5-2-16)27-9-10-31-14-32(27,29)30/h1-8,11-12H,9-10,14H2,(H,26,28). The number of carbonyl (C=O) groups excluding carboxylic acids is 1. The average molecular weight is 469 g/mol. The van der Waals surface area contributed by atoms with E-state index in [9.17, 15) is 13.2 Å². The van der Waals surface area contributed by atoms with E-state index in [0.717, 1.165) is 0 Å². The molecule has 3 aromatic rings. The summed E-state index contributed by atoms with van der Waals surface area (Å²) in [6, 6.07) is 16.5. The summed E-state index contributed by atoms with van der Waals surface area (Å²) in [5.74, 6) is -0.728. The first kappa shape index (κ1) is 21.8. The van der Waals surface area contributed by atoms with Gasteiger partial charge in [-0.15, -0.1) is 0 Å². The molecule has 1 saturated heterocycles. The van der Waals surface area contributed by atoms with Gasteiger partial charge in [-0.3, -0.25) is 14.1 Å². The van der Waals surface area contributed by atoms with Gasteiger partial charge in [0.25, 0.3) is 15.9 Å². The zero-order chi connectivity index (χ0) is 22.7. The summed E-state index contributed by atoms with van der Waals surface area (Å²) >= 11 is 6.30. The molecule has 0 bridgehead atoms. The van der Waals surface area contributed by atoms with Crippen LogP contribution in [0.2, 0.25) is 5.02 Å². The molecule has 0 saturated carbocycles. The number of pyridine rings is 1. The molecule has 8 nitrogen and oxygen atoms in total. The zero-order valence-corrected chi connectivity index (χ0v) is 18.2. The molecule has 1 aliphatic heterocycles. The van der Waals surface area contributed by atoms with Crippen LogP contribution in [-0.4, -0.2) is 38.4 Å². The van der Waals surface area contributed by atoms with Crippen LogP contribution in [0, 0.1) is 11.3 Å². The Kier molecular flexibility index (Phi) is 6.10. The predicted molar refractivity (Wildman–Crippen MR) is 121 cm³/mol. The van der Waals surface area contributed by atoms with Gasteiger partial charge < -0.3 is 10.1 Å². The first-order valence-electron chi connectivity index (χ1n) is 9.53. The number of halogens is 1. The number of carbonyl (C=O) groups is 1. The largest absolute Gasteiger partial charge is 0.362 e. The van der Waals surface area contributed by atoms with Gasteiger partial charge in [-0.1, -0.05) is 11.6 Å². The fraction of sp³-hybridized carbons (Fsp3) is 0.136. The van der Waals surface area contributed by atoms with Gasteiger partial charge in [0.1, 0.15) is 0 Å². The number of ether oxygens (including phenoxy) is 1. The molecule has 0 unspecified atom stereocenters. The van der Waals surface area contributed by atoms with Crippen molar-refractivity contribution in [3.63, 3.8) is 0 Å². The number of rotatable bonds is 4. The van der Waals surface area contributed by atoms with Crippen LogP contribution in [0.4, 0.5) is 11.4 Å². The Morgan fingerprint density at radius 1 is 1.16 bits per heavy atom. The lowest BCUT2D eigenvalue weighted by Crippen LogP contribution is -2.41. The highest BCUT2D eigenvalue weighted by Gasteiger charge is 2.26. The van der Waals surface area contributed by atoms with Gasteiger partial charge in [-0.25, -0.2) is 8.42 Å². The smallest absolute Gasteiger partial charge is 0.259 e. The second kappa shape index (κ2) is 8.96. The van der Waals surface area contributed by atoms with Crippen LogP contribution < -0.4 is 9.62 Å². The molecule has 4 rings (SSSR count). The average Bonchev–Trinajstić information content (AvgIpc) is 2.80. The summed E-state index contributed by atoms with van der Waals surface area (Å²) in [5.41, 5.74) is 2.87. The number of amides is 1. The number of hydrogen-bond donors (Lipinski definition) is 1. The van der Waals surface area contributed by atoms with Crippen molar-refractivity contribution in [3.8, 4) is 17.3 Å². The number of nitrogens with zero attached hydrogens (tertiary/aromatic N) is 3. The van der Waals surface area contributed by atoms with Crippen LogP contribution in [0.3, 0.4) is 0 Å². The van der Waals surface area contributed by atoms with E-state index >= 15 is 0 Å². The molecule has 32 heavy (non-hydrogen) atoms. The molecular formula is C22H17ClN4O4S. The van der Waals surface area contributed by atoms with Gasteiger partial charge in [0.05, 0.1) is 41.2 Å². The van der Waals surface area contributed by atoms with E-state index in [0.29, 0.717) is 45.4 Å². The van der Waals surface area contributed by atoms with Crippen molar-refractivity contribution in [2.45, 2.75) is 0 Å². The Hall–Kier alpha value is -3.45. The summed E-state index contributed by atoms with van der Waals surface area (Å²) in [7, 11) is -3.53. The highest BCUT2D eigenvalue weighted by molar-refractivity contribution is 7.92. The molecule has 1 aliphatic rings. The van der Waals surface area contributed by atoms with E-state index in [1.54, 1.807) is 54.6 Å². The molecule has 1 N–H and O–H groups in total. The monoisotopic (exact) mass is 468 g/mol. The number of benzene rings is 2. The molecule has 2 heterocycles. The van der Waals surface area contributed by atoms with E-state index in [4.69, 9.17) is 21.6 Å². The van der Waals surface area contributed by atoms with E-state index in [-0.39, 0.29) is 18.4 Å². The van der Waals surface area contributed by atoms with Crippen molar-refractivity contribution < 1.29 is 17.9 Å². The Morgan fingerprint density at radius 2 is 1.94 bits per heavy atom. The number of hydrogen-bond acceptors (Lipinski definition) is 6. The predicted octanol–water partition coefficient (Wildman–Crippen LogP) is 3.65. The molecule has 0 aliphatic carbocycles. The highest BCUT2D eigenvalue weighted by atomic mass is 35.5. The summed E-state index contributed by atoms with van der Waals surface area (Å²) in [6.07, 6.45) is 1.52. The summed E-state index contributed by atoms with van der Waals surface area (Å²) < 4.78 is 30.6. The van der Waals surface area contributed by atoms with Crippen molar-refractivity contribution in [1.29, 1.82) is 5.26 Å². The minimum Gasteiger partial charge on any atom is -0.362 e. The van der Waals surface area contributed by atoms with Crippen LogP contribution in [0.1, 0.15) is 15.9 Å².